The Morgan fingerprint density at radius 3 is 2.52 bits per heavy atom. The topological polar surface area (TPSA) is 73.2 Å². The van der Waals surface area contributed by atoms with Crippen molar-refractivity contribution >= 4 is 34.3 Å². The lowest BCUT2D eigenvalue weighted by Crippen LogP contribution is -2.23. The maximum Gasteiger partial charge on any atom is 0.266 e. The predicted octanol–water partition coefficient (Wildman–Crippen LogP) is 5.25. The van der Waals surface area contributed by atoms with Crippen LogP contribution in [0.3, 0.4) is 0 Å². The van der Waals surface area contributed by atoms with Crippen molar-refractivity contribution in [2.75, 3.05) is 18.2 Å². The molecule has 1 aromatic heterocycles. The van der Waals surface area contributed by atoms with E-state index < -0.39 is 0 Å². The molecule has 0 unspecified atom stereocenters. The third-order valence-corrected chi connectivity index (χ3v) is 6.20. The summed E-state index contributed by atoms with van der Waals surface area (Å²) in [5, 5.41) is 3.93. The van der Waals surface area contributed by atoms with Gasteiger partial charge in [0.2, 0.25) is 5.91 Å². The highest BCUT2D eigenvalue weighted by Crippen LogP contribution is 2.28. The van der Waals surface area contributed by atoms with Crippen molar-refractivity contribution in [2.24, 2.45) is 0 Å². The smallest absolute Gasteiger partial charge is 0.266 e. The number of nitrogens with zero attached hydrogens (tertiary/aromatic N) is 2. The number of aromatic nitrogens is 2. The van der Waals surface area contributed by atoms with Crippen LogP contribution in [0.25, 0.3) is 16.6 Å². The Kier molecular flexibility index (Phi) is 6.79. The van der Waals surface area contributed by atoms with Crippen molar-refractivity contribution in [3.63, 3.8) is 0 Å². The molecule has 1 heterocycles. The third-order valence-electron chi connectivity index (χ3n) is 5.26. The van der Waals surface area contributed by atoms with E-state index in [1.165, 1.54) is 16.3 Å². The fraction of sp³-hybridized carbons (Fsp3) is 0.192. The SMILES string of the molecule is COc1ccccc1-n1c(SCC(=O)Nc2ccccc2C(C)C)nc2ccccc2c1=O. The second kappa shape index (κ2) is 9.92. The minimum Gasteiger partial charge on any atom is -0.495 e. The number of carbonyl (C=O) groups is 1. The first kappa shape index (κ1) is 22.6. The molecule has 0 saturated heterocycles. The first-order chi connectivity index (χ1) is 16.0. The number of ether oxygens (including phenoxy) is 1. The molecule has 0 aliphatic heterocycles. The number of thioether (sulfide) groups is 1. The van der Waals surface area contributed by atoms with Gasteiger partial charge in [-0.25, -0.2) is 4.98 Å². The zero-order valence-corrected chi connectivity index (χ0v) is 19.6. The molecule has 3 aromatic carbocycles. The number of methoxy groups -OCH3 is 1. The zero-order chi connectivity index (χ0) is 23.4. The minimum absolute atomic E-state index is 0.104. The minimum atomic E-state index is -0.210. The number of para-hydroxylation sites is 4. The van der Waals surface area contributed by atoms with Gasteiger partial charge in [0.15, 0.2) is 5.16 Å². The molecular weight excluding hydrogens is 434 g/mol. The highest BCUT2D eigenvalue weighted by atomic mass is 32.2. The van der Waals surface area contributed by atoms with Crippen LogP contribution in [0, 0.1) is 0 Å². The lowest BCUT2D eigenvalue weighted by atomic mass is 10.0. The Morgan fingerprint density at radius 2 is 1.73 bits per heavy atom. The molecule has 0 spiro atoms. The molecule has 0 bridgehead atoms. The van der Waals surface area contributed by atoms with E-state index in [-0.39, 0.29) is 23.1 Å². The average Bonchev–Trinajstić information content (AvgIpc) is 2.83. The molecule has 6 nitrogen and oxygen atoms in total. The van der Waals surface area contributed by atoms with Crippen LogP contribution >= 0.6 is 11.8 Å². The van der Waals surface area contributed by atoms with Gasteiger partial charge < -0.3 is 10.1 Å². The van der Waals surface area contributed by atoms with E-state index in [0.29, 0.717) is 27.5 Å². The van der Waals surface area contributed by atoms with Gasteiger partial charge >= 0.3 is 0 Å². The van der Waals surface area contributed by atoms with E-state index in [1.54, 1.807) is 31.4 Å². The van der Waals surface area contributed by atoms with Crippen LogP contribution in [0.5, 0.6) is 5.75 Å². The standard InChI is InChI=1S/C26H25N3O3S/c1-17(2)18-10-4-6-12-20(18)27-24(30)16-33-26-28-21-13-7-5-11-19(21)25(31)29(26)22-14-8-9-15-23(22)32-3/h4-15,17H,16H2,1-3H3,(H,27,30). The maximum atomic E-state index is 13.4. The molecule has 0 saturated carbocycles. The second-order valence-electron chi connectivity index (χ2n) is 7.80. The van der Waals surface area contributed by atoms with Crippen LogP contribution in [0.4, 0.5) is 5.69 Å². The van der Waals surface area contributed by atoms with E-state index in [0.717, 1.165) is 11.3 Å². The Hall–Kier alpha value is -3.58. The highest BCUT2D eigenvalue weighted by Gasteiger charge is 2.18. The third kappa shape index (κ3) is 4.78. The molecule has 168 valence electrons. The van der Waals surface area contributed by atoms with E-state index in [1.807, 2.05) is 48.5 Å². The van der Waals surface area contributed by atoms with Crippen LogP contribution in [-0.4, -0.2) is 28.3 Å². The molecule has 1 N–H and O–H groups in total. The van der Waals surface area contributed by atoms with E-state index in [4.69, 9.17) is 9.72 Å². The lowest BCUT2D eigenvalue weighted by Gasteiger charge is -2.16. The highest BCUT2D eigenvalue weighted by molar-refractivity contribution is 7.99. The Bertz CT molecular complexity index is 1360. The number of hydrogen-bond donors (Lipinski definition) is 1. The molecule has 0 fully saturated rings. The quantitative estimate of drug-likeness (QED) is 0.302. The molecule has 33 heavy (non-hydrogen) atoms. The Morgan fingerprint density at radius 1 is 1.03 bits per heavy atom. The van der Waals surface area contributed by atoms with Crippen LogP contribution in [0.15, 0.2) is 82.7 Å². The van der Waals surface area contributed by atoms with Gasteiger partial charge in [-0.1, -0.05) is 68.1 Å². The van der Waals surface area contributed by atoms with Crippen molar-refractivity contribution in [3.05, 3.63) is 88.7 Å². The second-order valence-corrected chi connectivity index (χ2v) is 8.75. The van der Waals surface area contributed by atoms with Gasteiger partial charge in [0.1, 0.15) is 5.75 Å². The van der Waals surface area contributed by atoms with Crippen LogP contribution in [0.2, 0.25) is 0 Å². The van der Waals surface area contributed by atoms with E-state index in [9.17, 15) is 9.59 Å². The van der Waals surface area contributed by atoms with Crippen molar-refractivity contribution in [3.8, 4) is 11.4 Å². The van der Waals surface area contributed by atoms with Gasteiger partial charge in [0, 0.05) is 5.69 Å². The summed E-state index contributed by atoms with van der Waals surface area (Å²) < 4.78 is 7.00. The van der Waals surface area contributed by atoms with E-state index in [2.05, 4.69) is 19.2 Å². The van der Waals surface area contributed by atoms with Crippen molar-refractivity contribution in [2.45, 2.75) is 24.9 Å². The zero-order valence-electron chi connectivity index (χ0n) is 18.7. The molecule has 7 heteroatoms. The summed E-state index contributed by atoms with van der Waals surface area (Å²) in [6.07, 6.45) is 0. The van der Waals surface area contributed by atoms with E-state index >= 15 is 0 Å². The summed E-state index contributed by atoms with van der Waals surface area (Å²) in [5.41, 5.74) is 2.83. The fourth-order valence-electron chi connectivity index (χ4n) is 3.67. The van der Waals surface area contributed by atoms with Crippen LogP contribution in [-0.2, 0) is 4.79 Å². The summed E-state index contributed by atoms with van der Waals surface area (Å²) in [6, 6.07) is 22.3. The number of rotatable bonds is 7. The Balaban J connectivity index is 1.69. The Labute approximate surface area is 196 Å². The van der Waals surface area contributed by atoms with Crippen molar-refractivity contribution in [1.82, 2.24) is 9.55 Å². The number of benzene rings is 3. The van der Waals surface area contributed by atoms with Gasteiger partial charge in [-0.2, -0.15) is 0 Å². The molecule has 4 aromatic rings. The largest absolute Gasteiger partial charge is 0.495 e. The molecule has 0 atom stereocenters. The number of fused-ring (bicyclic) bond motifs is 1. The number of nitrogens with one attached hydrogen (secondary N) is 1. The summed E-state index contributed by atoms with van der Waals surface area (Å²) in [6.45, 7) is 4.18. The number of anilines is 1. The van der Waals surface area contributed by atoms with Gasteiger partial charge in [-0.15, -0.1) is 0 Å². The monoisotopic (exact) mass is 459 g/mol. The summed E-state index contributed by atoms with van der Waals surface area (Å²) >= 11 is 1.22. The van der Waals surface area contributed by atoms with Crippen molar-refractivity contribution in [1.29, 1.82) is 0 Å². The lowest BCUT2D eigenvalue weighted by molar-refractivity contribution is -0.113. The predicted molar refractivity (Wildman–Crippen MR) is 134 cm³/mol. The number of amides is 1. The molecule has 1 amide bonds. The maximum absolute atomic E-state index is 13.4. The molecule has 4 rings (SSSR count). The van der Waals surface area contributed by atoms with Gasteiger partial charge in [-0.3, -0.25) is 14.2 Å². The number of hydrogen-bond acceptors (Lipinski definition) is 5. The molecule has 0 aliphatic carbocycles. The molecular formula is C26H25N3O3S. The van der Waals surface area contributed by atoms with Crippen LogP contribution < -0.4 is 15.6 Å². The summed E-state index contributed by atoms with van der Waals surface area (Å²) in [7, 11) is 1.56. The van der Waals surface area contributed by atoms with Gasteiger partial charge in [0.25, 0.3) is 5.56 Å². The normalized spacial score (nSPS) is 11.0. The van der Waals surface area contributed by atoms with Crippen molar-refractivity contribution < 1.29 is 9.53 Å². The number of carbonyl (C=O) groups excluding carboxylic acids is 1. The molecule has 0 aliphatic rings. The molecule has 0 radical (unpaired) electrons. The summed E-state index contributed by atoms with van der Waals surface area (Å²) in [5.74, 6) is 0.773. The van der Waals surface area contributed by atoms with Crippen LogP contribution in [0.1, 0.15) is 25.3 Å². The van der Waals surface area contributed by atoms with Gasteiger partial charge in [-0.05, 0) is 41.8 Å². The first-order valence-electron chi connectivity index (χ1n) is 10.7. The fourth-order valence-corrected chi connectivity index (χ4v) is 4.47. The first-order valence-corrected chi connectivity index (χ1v) is 11.6. The summed E-state index contributed by atoms with van der Waals surface area (Å²) in [4.78, 5) is 30.9. The van der Waals surface area contributed by atoms with Gasteiger partial charge in [0.05, 0.1) is 29.5 Å². The average molecular weight is 460 g/mol.